The highest BCUT2D eigenvalue weighted by atomic mass is 19.4. The van der Waals surface area contributed by atoms with E-state index in [9.17, 15) is 22.8 Å². The summed E-state index contributed by atoms with van der Waals surface area (Å²) < 4.78 is 46.6. The molecule has 202 valence electrons. The van der Waals surface area contributed by atoms with Crippen molar-refractivity contribution in [3.05, 3.63) is 23.9 Å². The van der Waals surface area contributed by atoms with Crippen molar-refractivity contribution in [1.82, 2.24) is 25.6 Å². The third-order valence-corrected chi connectivity index (χ3v) is 7.28. The van der Waals surface area contributed by atoms with Crippen molar-refractivity contribution < 1.29 is 27.5 Å². The van der Waals surface area contributed by atoms with Crippen LogP contribution in [-0.2, 0) is 14.3 Å². The Morgan fingerprint density at radius 2 is 2.03 bits per heavy atom. The number of amides is 2. The van der Waals surface area contributed by atoms with Gasteiger partial charge in [0.25, 0.3) is 0 Å². The van der Waals surface area contributed by atoms with Crippen molar-refractivity contribution in [2.24, 2.45) is 11.8 Å². The van der Waals surface area contributed by atoms with E-state index in [1.807, 2.05) is 6.07 Å². The van der Waals surface area contributed by atoms with E-state index < -0.39 is 24.0 Å². The molecule has 10 nitrogen and oxygen atoms in total. The number of rotatable bonds is 7. The monoisotopic (exact) mass is 523 g/mol. The molecule has 1 aromatic heterocycles. The molecule has 4 heterocycles. The number of aromatic nitrogens is 1. The lowest BCUT2D eigenvalue weighted by atomic mass is 9.94. The largest absolute Gasteiger partial charge is 0.402 e. The fourth-order valence-corrected chi connectivity index (χ4v) is 5.32. The molecule has 0 saturated carbocycles. The number of anilines is 1. The van der Waals surface area contributed by atoms with Crippen LogP contribution in [0.25, 0.3) is 0 Å². The third kappa shape index (κ3) is 6.31. The fraction of sp³-hybridized carbons (Fsp3) is 0.667. The van der Waals surface area contributed by atoms with Crippen molar-refractivity contribution in [2.75, 3.05) is 57.4 Å². The Bertz CT molecular complexity index is 993. The zero-order chi connectivity index (χ0) is 26.6. The van der Waals surface area contributed by atoms with Gasteiger partial charge in [0.05, 0.1) is 24.7 Å². The summed E-state index contributed by atoms with van der Waals surface area (Å²) in [5.41, 5.74) is 5.17. The summed E-state index contributed by atoms with van der Waals surface area (Å²) in [7, 11) is 0. The van der Waals surface area contributed by atoms with Crippen LogP contribution in [0.3, 0.4) is 0 Å². The molecule has 37 heavy (non-hydrogen) atoms. The number of halogens is 3. The molecular weight excluding hydrogens is 491 g/mol. The van der Waals surface area contributed by atoms with Gasteiger partial charge >= 0.3 is 6.18 Å². The van der Waals surface area contributed by atoms with Gasteiger partial charge < -0.3 is 14.5 Å². The first-order valence-electron chi connectivity index (χ1n) is 12.5. The molecule has 3 aliphatic rings. The van der Waals surface area contributed by atoms with Crippen LogP contribution in [0.15, 0.2) is 18.3 Å². The predicted octanol–water partition coefficient (Wildman–Crippen LogP) is 0.900. The van der Waals surface area contributed by atoms with Gasteiger partial charge in [-0.15, -0.1) is 0 Å². The number of ether oxygens (including phenoxy) is 1. The van der Waals surface area contributed by atoms with E-state index in [-0.39, 0.29) is 37.6 Å². The van der Waals surface area contributed by atoms with Gasteiger partial charge in [-0.3, -0.25) is 19.9 Å². The highest BCUT2D eigenvalue weighted by molar-refractivity contribution is 5.80. The molecule has 0 bridgehead atoms. The second-order valence-corrected chi connectivity index (χ2v) is 9.76. The van der Waals surface area contributed by atoms with Gasteiger partial charge in [0.1, 0.15) is 11.9 Å². The Balaban J connectivity index is 1.24. The summed E-state index contributed by atoms with van der Waals surface area (Å²) in [6.45, 7) is 4.97. The van der Waals surface area contributed by atoms with Crippen LogP contribution in [0.1, 0.15) is 25.3 Å². The first-order valence-corrected chi connectivity index (χ1v) is 12.5. The molecule has 0 spiro atoms. The fourth-order valence-electron chi connectivity index (χ4n) is 5.32. The van der Waals surface area contributed by atoms with Crippen LogP contribution in [0.5, 0.6) is 0 Å². The molecule has 0 aromatic carbocycles. The van der Waals surface area contributed by atoms with E-state index >= 15 is 0 Å². The summed E-state index contributed by atoms with van der Waals surface area (Å²) in [4.78, 5) is 34.8. The molecule has 1 aromatic rings. The number of alkyl halides is 3. The highest BCUT2D eigenvalue weighted by Gasteiger charge is 2.54. The molecule has 0 radical (unpaired) electrons. The average molecular weight is 524 g/mol. The van der Waals surface area contributed by atoms with Gasteiger partial charge in [-0.2, -0.15) is 18.4 Å². The summed E-state index contributed by atoms with van der Waals surface area (Å²) in [6, 6.07) is 4.32. The number of nitrogens with one attached hydrogen (secondary N) is 2. The van der Waals surface area contributed by atoms with E-state index in [0.717, 1.165) is 12.2 Å². The molecular formula is C24H32F3N7O3. The Labute approximate surface area is 213 Å². The lowest BCUT2D eigenvalue weighted by molar-refractivity contribution is -0.201. The zero-order valence-electron chi connectivity index (χ0n) is 20.7. The molecule has 2 unspecified atom stereocenters. The average Bonchev–Trinajstić information content (AvgIpc) is 3.36. The molecule has 2 N–H and O–H groups in total. The summed E-state index contributed by atoms with van der Waals surface area (Å²) in [5.74, 6) is -2.81. The Hall–Kier alpha value is -2.95. The first-order chi connectivity index (χ1) is 17.7. The highest BCUT2D eigenvalue weighted by Crippen LogP contribution is 2.35. The number of nitriles is 1. The van der Waals surface area contributed by atoms with E-state index in [1.165, 1.54) is 6.20 Å². The molecule has 3 aliphatic heterocycles. The maximum atomic E-state index is 13.6. The number of hydrogen-bond donors (Lipinski definition) is 2. The number of carbonyl (C=O) groups excluding carboxylic acids is 2. The van der Waals surface area contributed by atoms with Gasteiger partial charge in [-0.05, 0) is 31.5 Å². The lowest BCUT2D eigenvalue weighted by Gasteiger charge is -2.41. The minimum Gasteiger partial charge on any atom is -0.379 e. The first kappa shape index (κ1) is 27.1. The SMILES string of the molecule is C[C@H](COC[C@H]1CCCN1C1CNNC(=O)C1C(F)(F)F)C(=O)N1CCN(c2ccc(C#N)cn2)CC1. The number of hydrogen-bond acceptors (Lipinski definition) is 8. The van der Waals surface area contributed by atoms with Gasteiger partial charge in [0, 0.05) is 51.0 Å². The minimum atomic E-state index is -4.63. The maximum Gasteiger partial charge on any atom is 0.402 e. The molecule has 4 atom stereocenters. The van der Waals surface area contributed by atoms with E-state index in [0.29, 0.717) is 44.7 Å². The van der Waals surface area contributed by atoms with Gasteiger partial charge in [0.15, 0.2) is 5.92 Å². The van der Waals surface area contributed by atoms with E-state index in [1.54, 1.807) is 28.9 Å². The van der Waals surface area contributed by atoms with Crippen molar-refractivity contribution in [3.8, 4) is 6.07 Å². The Kier molecular flexibility index (Phi) is 8.51. The number of nitrogens with zero attached hydrogens (tertiary/aromatic N) is 5. The molecule has 4 rings (SSSR count). The molecule has 3 saturated heterocycles. The normalized spacial score (nSPS) is 26.0. The van der Waals surface area contributed by atoms with Crippen LogP contribution in [0, 0.1) is 23.2 Å². The third-order valence-electron chi connectivity index (χ3n) is 7.28. The smallest absolute Gasteiger partial charge is 0.379 e. The number of hydrazine groups is 1. The molecule has 0 aliphatic carbocycles. The topological polar surface area (TPSA) is 114 Å². The second kappa shape index (κ2) is 11.6. The van der Waals surface area contributed by atoms with E-state index in [2.05, 4.69) is 20.7 Å². The summed E-state index contributed by atoms with van der Waals surface area (Å²) in [6.07, 6.45) is -1.70. The van der Waals surface area contributed by atoms with Crippen molar-refractivity contribution in [2.45, 2.75) is 38.0 Å². The maximum absolute atomic E-state index is 13.6. The Morgan fingerprint density at radius 3 is 2.68 bits per heavy atom. The van der Waals surface area contributed by atoms with Gasteiger partial charge in [0.2, 0.25) is 11.8 Å². The van der Waals surface area contributed by atoms with E-state index in [4.69, 9.17) is 10.00 Å². The second-order valence-electron chi connectivity index (χ2n) is 9.76. The number of carbonyl (C=O) groups is 2. The molecule has 13 heteroatoms. The van der Waals surface area contributed by atoms with Crippen LogP contribution in [0.4, 0.5) is 19.0 Å². The number of pyridine rings is 1. The zero-order valence-corrected chi connectivity index (χ0v) is 20.7. The number of piperazine rings is 1. The molecule has 2 amide bonds. The quantitative estimate of drug-likeness (QED) is 0.542. The van der Waals surface area contributed by atoms with Crippen LogP contribution < -0.4 is 15.8 Å². The van der Waals surface area contributed by atoms with Crippen molar-refractivity contribution >= 4 is 17.6 Å². The van der Waals surface area contributed by atoms with Crippen molar-refractivity contribution in [3.63, 3.8) is 0 Å². The van der Waals surface area contributed by atoms with Gasteiger partial charge in [-0.1, -0.05) is 6.92 Å². The van der Waals surface area contributed by atoms with Crippen molar-refractivity contribution in [1.29, 1.82) is 5.26 Å². The minimum absolute atomic E-state index is 0.00523. The summed E-state index contributed by atoms with van der Waals surface area (Å²) in [5, 5.41) is 8.91. The molecule has 3 fully saturated rings. The summed E-state index contributed by atoms with van der Waals surface area (Å²) >= 11 is 0. The predicted molar refractivity (Wildman–Crippen MR) is 127 cm³/mol. The van der Waals surface area contributed by atoms with Crippen LogP contribution in [0.2, 0.25) is 0 Å². The van der Waals surface area contributed by atoms with Crippen LogP contribution in [-0.4, -0.2) is 97.3 Å². The van der Waals surface area contributed by atoms with Gasteiger partial charge in [-0.25, -0.2) is 10.4 Å². The van der Waals surface area contributed by atoms with Crippen LogP contribution >= 0.6 is 0 Å². The number of likely N-dealkylation sites (tertiary alicyclic amines) is 1. The Morgan fingerprint density at radius 1 is 1.27 bits per heavy atom. The lowest BCUT2D eigenvalue weighted by Crippen LogP contribution is -2.65. The standard InChI is InChI=1S/C24H32F3N7O3/c1-16(23(36)33-9-7-32(8-10-33)20-5-4-17(11-28)12-29-20)14-37-15-18-3-2-6-34(18)19-13-30-31-22(35)21(19)24(25,26)27/h4-5,12,16,18-19,21,30H,2-3,6-10,13-15H2,1H3,(H,31,35)/t16-,18-,19?,21?/m1/s1.